The third-order valence-corrected chi connectivity index (χ3v) is 2.49. The first kappa shape index (κ1) is 8.60. The van der Waals surface area contributed by atoms with Crippen LogP contribution < -0.4 is 5.73 Å². The van der Waals surface area contributed by atoms with Crippen LogP contribution in [-0.4, -0.2) is 11.1 Å². The van der Waals surface area contributed by atoms with Gasteiger partial charge in [-0.15, -0.1) is 0 Å². The van der Waals surface area contributed by atoms with E-state index in [0.717, 1.165) is 25.7 Å². The van der Waals surface area contributed by atoms with Gasteiger partial charge in [-0.05, 0) is 38.7 Å². The molecule has 0 bridgehead atoms. The van der Waals surface area contributed by atoms with Crippen LogP contribution in [0.5, 0.6) is 0 Å². The van der Waals surface area contributed by atoms with Crippen LogP contribution in [0.2, 0.25) is 0 Å². The van der Waals surface area contributed by atoms with Gasteiger partial charge in [-0.1, -0.05) is 0 Å². The van der Waals surface area contributed by atoms with Gasteiger partial charge in [0, 0.05) is 12.0 Å². The molecule has 0 unspecified atom stereocenters. The number of rotatable bonds is 1. The molecule has 3 N–H and O–H groups in total. The van der Waals surface area contributed by atoms with Gasteiger partial charge in [-0.25, -0.2) is 0 Å². The molecule has 0 aromatic rings. The number of allylic oxidation sites excluding steroid dienone is 2. The van der Waals surface area contributed by atoms with Crippen molar-refractivity contribution in [2.75, 3.05) is 0 Å². The summed E-state index contributed by atoms with van der Waals surface area (Å²) in [5.74, 6) is 0.941. The average Bonchev–Trinajstić information content (AvgIpc) is 2.05. The van der Waals surface area contributed by atoms with Crippen LogP contribution in [-0.2, 0) is 0 Å². The quantitative estimate of drug-likeness (QED) is 0.569. The molecule has 0 heterocycles. The molecule has 0 aliphatic heterocycles. The van der Waals surface area contributed by atoms with Crippen molar-refractivity contribution in [3.05, 3.63) is 11.8 Å². The Labute approximate surface area is 68.1 Å². The lowest BCUT2D eigenvalue weighted by atomic mass is 9.85. The molecule has 1 fully saturated rings. The van der Waals surface area contributed by atoms with Crippen LogP contribution in [0.25, 0.3) is 0 Å². The summed E-state index contributed by atoms with van der Waals surface area (Å²) in [6.45, 7) is 1.88. The molecular weight excluding hydrogens is 138 g/mol. The third kappa shape index (κ3) is 2.22. The molecule has 0 aromatic heterocycles. The molecule has 0 radical (unpaired) electrons. The van der Waals surface area contributed by atoms with Crippen molar-refractivity contribution in [3.8, 4) is 0 Å². The molecule has 1 aliphatic carbocycles. The van der Waals surface area contributed by atoms with E-state index in [1.54, 1.807) is 6.08 Å². The first-order chi connectivity index (χ1) is 5.24. The molecular formula is C9H17NO. The topological polar surface area (TPSA) is 46.2 Å². The minimum atomic E-state index is 0.371. The van der Waals surface area contributed by atoms with Crippen molar-refractivity contribution in [2.24, 2.45) is 11.7 Å². The van der Waals surface area contributed by atoms with Crippen molar-refractivity contribution in [1.82, 2.24) is 0 Å². The predicted molar refractivity (Wildman–Crippen MR) is 46.3 cm³/mol. The van der Waals surface area contributed by atoms with Gasteiger partial charge in [0.2, 0.25) is 0 Å². The lowest BCUT2D eigenvalue weighted by Gasteiger charge is -2.25. The van der Waals surface area contributed by atoms with Gasteiger partial charge in [0.05, 0.1) is 5.76 Å². The predicted octanol–water partition coefficient (Wildman–Crippen LogP) is 1.97. The molecule has 0 spiro atoms. The molecule has 0 aromatic carbocycles. The Kier molecular flexibility index (Phi) is 2.94. The third-order valence-electron chi connectivity index (χ3n) is 2.49. The minimum Gasteiger partial charge on any atom is -0.512 e. The van der Waals surface area contributed by atoms with Crippen molar-refractivity contribution in [3.63, 3.8) is 0 Å². The fraction of sp³-hybridized carbons (Fsp3) is 0.778. The monoisotopic (exact) mass is 155 g/mol. The molecule has 2 nitrogen and oxygen atoms in total. The van der Waals surface area contributed by atoms with Crippen LogP contribution in [0.15, 0.2) is 11.8 Å². The summed E-state index contributed by atoms with van der Waals surface area (Å²) >= 11 is 0. The lowest BCUT2D eigenvalue weighted by Crippen LogP contribution is -2.27. The summed E-state index contributed by atoms with van der Waals surface area (Å²) in [5, 5.41) is 9.39. The molecule has 1 saturated carbocycles. The van der Waals surface area contributed by atoms with Crippen molar-refractivity contribution >= 4 is 0 Å². The first-order valence-corrected chi connectivity index (χ1v) is 4.34. The number of hydrogen-bond donors (Lipinski definition) is 2. The van der Waals surface area contributed by atoms with E-state index in [0.29, 0.717) is 17.7 Å². The molecule has 0 saturated heterocycles. The zero-order valence-corrected chi connectivity index (χ0v) is 7.09. The van der Waals surface area contributed by atoms with Crippen LogP contribution in [0.3, 0.4) is 0 Å². The molecule has 1 aliphatic rings. The normalized spacial score (nSPS) is 33.8. The Hall–Kier alpha value is -0.500. The van der Waals surface area contributed by atoms with Crippen molar-refractivity contribution in [2.45, 2.75) is 38.6 Å². The highest BCUT2D eigenvalue weighted by molar-refractivity contribution is 4.97. The van der Waals surface area contributed by atoms with E-state index in [1.807, 2.05) is 6.92 Å². The smallest absolute Gasteiger partial charge is 0.0910 e. The van der Waals surface area contributed by atoms with Crippen LogP contribution >= 0.6 is 0 Å². The van der Waals surface area contributed by atoms with E-state index < -0.39 is 0 Å². The second kappa shape index (κ2) is 3.77. The van der Waals surface area contributed by atoms with Gasteiger partial charge in [-0.3, -0.25) is 0 Å². The van der Waals surface area contributed by atoms with E-state index in [4.69, 9.17) is 5.73 Å². The molecule has 1 rings (SSSR count). The van der Waals surface area contributed by atoms with E-state index in [1.165, 1.54) is 0 Å². The second-order valence-electron chi connectivity index (χ2n) is 3.33. The van der Waals surface area contributed by atoms with E-state index >= 15 is 0 Å². The average molecular weight is 155 g/mol. The van der Waals surface area contributed by atoms with Crippen LogP contribution in [0.4, 0.5) is 0 Å². The summed E-state index contributed by atoms with van der Waals surface area (Å²) in [5.41, 5.74) is 5.74. The summed E-state index contributed by atoms with van der Waals surface area (Å²) in [6.07, 6.45) is 6.02. The lowest BCUT2D eigenvalue weighted by molar-refractivity contribution is 0.262. The minimum absolute atomic E-state index is 0.371. The van der Waals surface area contributed by atoms with Gasteiger partial charge in [0.25, 0.3) is 0 Å². The second-order valence-corrected chi connectivity index (χ2v) is 3.33. The van der Waals surface area contributed by atoms with Crippen molar-refractivity contribution < 1.29 is 5.11 Å². The molecule has 64 valence electrons. The number of aliphatic hydroxyl groups is 1. The van der Waals surface area contributed by atoms with Gasteiger partial charge in [-0.2, -0.15) is 0 Å². The first-order valence-electron chi connectivity index (χ1n) is 4.34. The molecule has 2 heteroatoms. The standard InChI is InChI=1S/C9H17NO/c1-2-9(11)7-3-5-8(10)6-4-7/h2,7-8,11H,3-6,10H2,1H3/b9-2+. The Morgan fingerprint density at radius 2 is 1.91 bits per heavy atom. The molecule has 11 heavy (non-hydrogen) atoms. The fourth-order valence-electron chi connectivity index (χ4n) is 1.65. The van der Waals surface area contributed by atoms with Crippen LogP contribution in [0, 0.1) is 5.92 Å². The van der Waals surface area contributed by atoms with Gasteiger partial charge >= 0.3 is 0 Å². The highest BCUT2D eigenvalue weighted by atomic mass is 16.3. The maximum Gasteiger partial charge on any atom is 0.0910 e. The molecule has 0 amide bonds. The summed E-state index contributed by atoms with van der Waals surface area (Å²) in [6, 6.07) is 0.371. The van der Waals surface area contributed by atoms with Gasteiger partial charge in [0.15, 0.2) is 0 Å². The summed E-state index contributed by atoms with van der Waals surface area (Å²) in [4.78, 5) is 0. The highest BCUT2D eigenvalue weighted by Gasteiger charge is 2.20. The zero-order chi connectivity index (χ0) is 8.27. The maximum atomic E-state index is 9.39. The summed E-state index contributed by atoms with van der Waals surface area (Å²) in [7, 11) is 0. The van der Waals surface area contributed by atoms with E-state index in [-0.39, 0.29) is 0 Å². The molecule has 0 atom stereocenters. The van der Waals surface area contributed by atoms with Gasteiger partial charge in [0.1, 0.15) is 0 Å². The Balaban J connectivity index is 2.39. The number of nitrogens with two attached hydrogens (primary N) is 1. The summed E-state index contributed by atoms with van der Waals surface area (Å²) < 4.78 is 0. The Bertz CT molecular complexity index is 146. The maximum absolute atomic E-state index is 9.39. The van der Waals surface area contributed by atoms with Crippen LogP contribution in [0.1, 0.15) is 32.6 Å². The van der Waals surface area contributed by atoms with Gasteiger partial charge < -0.3 is 10.8 Å². The Morgan fingerprint density at radius 1 is 1.36 bits per heavy atom. The highest BCUT2D eigenvalue weighted by Crippen LogP contribution is 2.27. The number of hydrogen-bond acceptors (Lipinski definition) is 2. The number of aliphatic hydroxyl groups excluding tert-OH is 1. The SMILES string of the molecule is C/C=C(/O)C1CCC(N)CC1. The van der Waals surface area contributed by atoms with Crippen molar-refractivity contribution in [1.29, 1.82) is 0 Å². The Morgan fingerprint density at radius 3 is 2.36 bits per heavy atom. The largest absolute Gasteiger partial charge is 0.512 e. The fourth-order valence-corrected chi connectivity index (χ4v) is 1.65. The van der Waals surface area contributed by atoms with E-state index in [9.17, 15) is 5.11 Å². The zero-order valence-electron chi connectivity index (χ0n) is 7.09. The van der Waals surface area contributed by atoms with E-state index in [2.05, 4.69) is 0 Å².